The minimum atomic E-state index is -4.05. The Morgan fingerprint density at radius 3 is 2.35 bits per heavy atom. The number of likely N-dealkylation sites (tertiary alicyclic amines) is 1. The molecule has 182 valence electrons. The van der Waals surface area contributed by atoms with Crippen molar-refractivity contribution in [1.29, 1.82) is 0 Å². The summed E-state index contributed by atoms with van der Waals surface area (Å²) in [5, 5.41) is 11.8. The van der Waals surface area contributed by atoms with E-state index in [-0.39, 0.29) is 4.90 Å². The molecule has 1 heterocycles. The molecule has 1 amide bonds. The number of rotatable bonds is 12. The van der Waals surface area contributed by atoms with Gasteiger partial charge in [-0.05, 0) is 62.3 Å². The largest absolute Gasteiger partial charge is 0.490 e. The Morgan fingerprint density at radius 2 is 1.71 bits per heavy atom. The summed E-state index contributed by atoms with van der Waals surface area (Å²) >= 11 is 0. The van der Waals surface area contributed by atoms with Crippen molar-refractivity contribution in [2.75, 3.05) is 32.8 Å². The van der Waals surface area contributed by atoms with E-state index in [0.29, 0.717) is 17.9 Å². The number of amides is 1. The molecule has 0 saturated carbocycles. The van der Waals surface area contributed by atoms with Crippen molar-refractivity contribution in [1.82, 2.24) is 14.9 Å². The van der Waals surface area contributed by atoms with Crippen LogP contribution in [0, 0.1) is 0 Å². The highest BCUT2D eigenvalue weighted by atomic mass is 32.2. The fourth-order valence-corrected chi connectivity index (χ4v) is 4.65. The third-order valence-corrected chi connectivity index (χ3v) is 6.80. The lowest BCUT2D eigenvalue weighted by Crippen LogP contribution is -2.48. The van der Waals surface area contributed by atoms with Gasteiger partial charge < -0.3 is 15.2 Å². The van der Waals surface area contributed by atoms with Crippen molar-refractivity contribution >= 4 is 21.9 Å². The normalized spacial score (nSPS) is 15.3. The zero-order chi connectivity index (χ0) is 24.4. The lowest BCUT2D eigenvalue weighted by atomic mass is 10.2. The van der Waals surface area contributed by atoms with E-state index in [0.717, 1.165) is 19.6 Å². The number of ether oxygens (including phenoxy) is 1. The lowest BCUT2D eigenvalue weighted by Gasteiger charge is -2.16. The van der Waals surface area contributed by atoms with Crippen LogP contribution in [-0.2, 0) is 14.8 Å². The summed E-state index contributed by atoms with van der Waals surface area (Å²) in [6, 6.07) is 12.3. The number of nitrogens with zero attached hydrogens (tertiary/aromatic N) is 1. The minimum Gasteiger partial charge on any atom is -0.490 e. The second kappa shape index (κ2) is 12.3. The SMILES string of the molecule is O=C(NC[C@H](NS(=O)(=O)c1ccccc1)C(=O)O)c1ccc(OCC=CCN2CCCC2)cc1. The van der Waals surface area contributed by atoms with E-state index in [9.17, 15) is 23.1 Å². The lowest BCUT2D eigenvalue weighted by molar-refractivity contribution is -0.138. The van der Waals surface area contributed by atoms with Crippen LogP contribution in [-0.4, -0.2) is 69.1 Å². The predicted octanol–water partition coefficient (Wildman–Crippen LogP) is 1.88. The van der Waals surface area contributed by atoms with Crippen LogP contribution in [0.1, 0.15) is 23.2 Å². The molecule has 1 aliphatic heterocycles. The summed E-state index contributed by atoms with van der Waals surface area (Å²) in [5.74, 6) is -1.33. The van der Waals surface area contributed by atoms with Gasteiger partial charge in [-0.15, -0.1) is 0 Å². The average molecular weight is 488 g/mol. The second-order valence-electron chi connectivity index (χ2n) is 7.85. The van der Waals surface area contributed by atoms with Crippen molar-refractivity contribution in [3.05, 3.63) is 72.3 Å². The molecule has 0 spiro atoms. The van der Waals surface area contributed by atoms with Crippen LogP contribution >= 0.6 is 0 Å². The van der Waals surface area contributed by atoms with Crippen LogP contribution in [0.25, 0.3) is 0 Å². The monoisotopic (exact) mass is 487 g/mol. The smallest absolute Gasteiger partial charge is 0.323 e. The highest BCUT2D eigenvalue weighted by Gasteiger charge is 2.26. The van der Waals surface area contributed by atoms with Gasteiger partial charge in [0.1, 0.15) is 18.4 Å². The van der Waals surface area contributed by atoms with Crippen LogP contribution in [0.2, 0.25) is 0 Å². The molecule has 10 heteroatoms. The number of carboxylic acid groups (broad SMARTS) is 1. The standard InChI is InChI=1S/C24H29N3O6S/c28-23(25-18-22(24(29)30)26-34(31,32)21-8-2-1-3-9-21)19-10-12-20(13-11-19)33-17-7-6-16-27-14-4-5-15-27/h1-3,6-13,22,26H,4-5,14-18H2,(H,25,28)(H,29,30)/t22-/m0/s1. The van der Waals surface area contributed by atoms with Crippen molar-refractivity contribution in [3.63, 3.8) is 0 Å². The summed E-state index contributed by atoms with van der Waals surface area (Å²) in [7, 11) is -4.05. The summed E-state index contributed by atoms with van der Waals surface area (Å²) in [6.07, 6.45) is 6.55. The highest BCUT2D eigenvalue weighted by molar-refractivity contribution is 7.89. The predicted molar refractivity (Wildman–Crippen MR) is 127 cm³/mol. The van der Waals surface area contributed by atoms with Crippen LogP contribution in [0.4, 0.5) is 0 Å². The van der Waals surface area contributed by atoms with E-state index in [1.54, 1.807) is 30.3 Å². The Hall–Kier alpha value is -3.21. The molecule has 0 unspecified atom stereocenters. The first kappa shape index (κ1) is 25.4. The summed E-state index contributed by atoms with van der Waals surface area (Å²) in [6.45, 7) is 3.20. The van der Waals surface area contributed by atoms with E-state index in [2.05, 4.69) is 21.0 Å². The summed E-state index contributed by atoms with van der Waals surface area (Å²) < 4.78 is 32.5. The quantitative estimate of drug-likeness (QED) is 0.390. The van der Waals surface area contributed by atoms with Crippen LogP contribution < -0.4 is 14.8 Å². The Bertz CT molecular complexity index is 1080. The average Bonchev–Trinajstić information content (AvgIpc) is 3.36. The van der Waals surface area contributed by atoms with Crippen LogP contribution in [0.5, 0.6) is 5.75 Å². The van der Waals surface area contributed by atoms with E-state index in [1.165, 1.54) is 37.1 Å². The first-order chi connectivity index (χ1) is 16.3. The molecule has 1 saturated heterocycles. The third kappa shape index (κ3) is 7.68. The molecule has 0 aliphatic carbocycles. The number of aliphatic carboxylic acids is 1. The first-order valence-electron chi connectivity index (χ1n) is 11.0. The van der Waals surface area contributed by atoms with Gasteiger partial charge in [0.25, 0.3) is 5.91 Å². The fourth-order valence-electron chi connectivity index (χ4n) is 3.43. The third-order valence-electron chi connectivity index (χ3n) is 5.31. The molecule has 1 atom stereocenters. The van der Waals surface area contributed by atoms with Gasteiger partial charge in [0.05, 0.1) is 4.90 Å². The zero-order valence-corrected chi connectivity index (χ0v) is 19.5. The molecule has 0 aromatic heterocycles. The second-order valence-corrected chi connectivity index (χ2v) is 9.56. The maximum atomic E-state index is 12.4. The molecule has 3 rings (SSSR count). The summed E-state index contributed by atoms with van der Waals surface area (Å²) in [4.78, 5) is 26.2. The Labute approximate surface area is 199 Å². The van der Waals surface area contributed by atoms with Gasteiger partial charge in [0.2, 0.25) is 10.0 Å². The molecule has 0 bridgehead atoms. The minimum absolute atomic E-state index is 0.0611. The first-order valence-corrected chi connectivity index (χ1v) is 12.5. The zero-order valence-electron chi connectivity index (χ0n) is 18.7. The van der Waals surface area contributed by atoms with Crippen LogP contribution in [0.3, 0.4) is 0 Å². The van der Waals surface area contributed by atoms with Crippen molar-refractivity contribution in [3.8, 4) is 5.75 Å². The maximum absolute atomic E-state index is 12.4. The topological polar surface area (TPSA) is 125 Å². The van der Waals surface area contributed by atoms with Gasteiger partial charge in [0, 0.05) is 18.7 Å². The van der Waals surface area contributed by atoms with E-state index in [4.69, 9.17) is 4.74 Å². The Balaban J connectivity index is 1.47. The fraction of sp³-hybridized carbons (Fsp3) is 0.333. The highest BCUT2D eigenvalue weighted by Crippen LogP contribution is 2.13. The number of carboxylic acids is 1. The number of sulfonamides is 1. The van der Waals surface area contributed by atoms with Crippen molar-refractivity contribution < 1.29 is 27.9 Å². The number of carbonyl (C=O) groups excluding carboxylic acids is 1. The molecule has 2 aromatic rings. The molecular weight excluding hydrogens is 458 g/mol. The van der Waals surface area contributed by atoms with Gasteiger partial charge in [-0.3, -0.25) is 14.5 Å². The van der Waals surface area contributed by atoms with Gasteiger partial charge in [-0.25, -0.2) is 8.42 Å². The van der Waals surface area contributed by atoms with E-state index >= 15 is 0 Å². The maximum Gasteiger partial charge on any atom is 0.323 e. The Kier molecular flexibility index (Phi) is 9.20. The number of hydrogen-bond acceptors (Lipinski definition) is 6. The van der Waals surface area contributed by atoms with Gasteiger partial charge >= 0.3 is 5.97 Å². The number of hydrogen-bond donors (Lipinski definition) is 3. The van der Waals surface area contributed by atoms with Gasteiger partial charge in [0.15, 0.2) is 0 Å². The molecule has 3 N–H and O–H groups in total. The van der Waals surface area contributed by atoms with E-state index < -0.39 is 34.5 Å². The summed E-state index contributed by atoms with van der Waals surface area (Å²) in [5.41, 5.74) is 0.298. The molecular formula is C24H29N3O6S. The van der Waals surface area contributed by atoms with Crippen molar-refractivity contribution in [2.24, 2.45) is 0 Å². The van der Waals surface area contributed by atoms with Crippen LogP contribution in [0.15, 0.2) is 71.6 Å². The van der Waals surface area contributed by atoms with E-state index in [1.807, 2.05) is 6.08 Å². The molecule has 0 radical (unpaired) electrons. The molecule has 9 nitrogen and oxygen atoms in total. The number of nitrogens with one attached hydrogen (secondary N) is 2. The number of carbonyl (C=O) groups is 2. The number of benzene rings is 2. The molecule has 2 aromatic carbocycles. The van der Waals surface area contributed by atoms with Gasteiger partial charge in [-0.2, -0.15) is 4.72 Å². The Morgan fingerprint density at radius 1 is 1.03 bits per heavy atom. The molecule has 1 fully saturated rings. The molecule has 1 aliphatic rings. The molecule has 34 heavy (non-hydrogen) atoms. The van der Waals surface area contributed by atoms with Gasteiger partial charge in [-0.1, -0.05) is 30.4 Å². The van der Waals surface area contributed by atoms with Crippen molar-refractivity contribution in [2.45, 2.75) is 23.8 Å².